The van der Waals surface area contributed by atoms with E-state index in [0.717, 1.165) is 12.8 Å². The highest BCUT2D eigenvalue weighted by Crippen LogP contribution is 2.52. The van der Waals surface area contributed by atoms with Crippen LogP contribution in [-0.2, 0) is 4.79 Å². The second kappa shape index (κ2) is 2.49. The van der Waals surface area contributed by atoms with Crippen molar-refractivity contribution in [3.05, 3.63) is 12.2 Å². The summed E-state index contributed by atoms with van der Waals surface area (Å²) in [6, 6.07) is 0. The molecule has 3 heteroatoms. The van der Waals surface area contributed by atoms with Gasteiger partial charge in [-0.2, -0.15) is 0 Å². The first-order valence-corrected chi connectivity index (χ1v) is 4.70. The fourth-order valence-electron chi connectivity index (χ4n) is 2.41. The van der Waals surface area contributed by atoms with E-state index in [0.29, 0.717) is 5.92 Å². The molecule has 12 heavy (non-hydrogen) atoms. The highest BCUT2D eigenvalue weighted by Gasteiger charge is 2.53. The normalized spacial score (nSPS) is 43.8. The molecule has 0 amide bonds. The van der Waals surface area contributed by atoms with Crippen molar-refractivity contribution in [1.82, 2.24) is 0 Å². The molecule has 1 fully saturated rings. The predicted octanol–water partition coefficient (Wildman–Crippen LogP) is 1.89. The molecule has 0 radical (unpaired) electrons. The molecule has 0 heterocycles. The maximum Gasteiger partial charge on any atom is 0.311 e. The minimum Gasteiger partial charge on any atom is -0.481 e. The summed E-state index contributed by atoms with van der Waals surface area (Å²) >= 11 is 5.74. The molecular weight excluding hydrogens is 176 g/mol. The van der Waals surface area contributed by atoms with Crippen LogP contribution in [0, 0.1) is 17.3 Å². The Morgan fingerprint density at radius 1 is 1.67 bits per heavy atom. The Bertz CT molecular complexity index is 249. The number of carboxylic acids is 1. The molecule has 0 spiro atoms. The summed E-state index contributed by atoms with van der Waals surface area (Å²) in [4.78, 5) is 11.0. The lowest BCUT2D eigenvalue weighted by atomic mass is 9.77. The van der Waals surface area contributed by atoms with Gasteiger partial charge >= 0.3 is 5.97 Å². The Hall–Kier alpha value is -0.500. The number of rotatable bonds is 2. The van der Waals surface area contributed by atoms with E-state index in [-0.39, 0.29) is 11.8 Å². The first kappa shape index (κ1) is 8.11. The fourth-order valence-corrected chi connectivity index (χ4v) is 2.83. The molecule has 2 rings (SSSR count). The van der Waals surface area contributed by atoms with Gasteiger partial charge in [0.05, 0.1) is 5.41 Å². The number of aliphatic carboxylic acids is 1. The average molecular weight is 187 g/mol. The third kappa shape index (κ3) is 0.845. The molecule has 3 atom stereocenters. The zero-order chi connectivity index (χ0) is 8.77. The Morgan fingerprint density at radius 2 is 2.42 bits per heavy atom. The first-order chi connectivity index (χ1) is 5.69. The third-order valence-corrected chi connectivity index (χ3v) is 3.65. The molecule has 2 nitrogen and oxygen atoms in total. The summed E-state index contributed by atoms with van der Waals surface area (Å²) in [5, 5.41) is 9.07. The van der Waals surface area contributed by atoms with Crippen molar-refractivity contribution < 1.29 is 9.90 Å². The van der Waals surface area contributed by atoms with Crippen LogP contribution in [0.4, 0.5) is 0 Å². The van der Waals surface area contributed by atoms with E-state index in [4.69, 9.17) is 16.7 Å². The maximum atomic E-state index is 11.0. The van der Waals surface area contributed by atoms with Gasteiger partial charge in [0.25, 0.3) is 0 Å². The monoisotopic (exact) mass is 186 g/mol. The van der Waals surface area contributed by atoms with Crippen LogP contribution in [0.25, 0.3) is 0 Å². The maximum absolute atomic E-state index is 11.0. The van der Waals surface area contributed by atoms with Gasteiger partial charge in [-0.15, -0.1) is 11.6 Å². The molecule has 66 valence electrons. The van der Waals surface area contributed by atoms with Gasteiger partial charge in [0.1, 0.15) is 0 Å². The van der Waals surface area contributed by atoms with Crippen molar-refractivity contribution in [1.29, 1.82) is 0 Å². The standard InChI is InChI=1S/C9H11ClO2/c10-5-9(8(11)12)4-6-1-2-7(9)3-6/h1-2,6-7H,3-5H2,(H,11,12)/t6-,7+,9-/m0/s1. The number of halogens is 1. The fraction of sp³-hybridized carbons (Fsp3) is 0.667. The van der Waals surface area contributed by atoms with Crippen LogP contribution in [0.15, 0.2) is 12.2 Å². The quantitative estimate of drug-likeness (QED) is 0.528. The predicted molar refractivity (Wildman–Crippen MR) is 46.1 cm³/mol. The number of fused-ring (bicyclic) bond motifs is 2. The van der Waals surface area contributed by atoms with Gasteiger partial charge in [0, 0.05) is 5.88 Å². The molecular formula is C9H11ClO2. The highest BCUT2D eigenvalue weighted by atomic mass is 35.5. The molecule has 0 aromatic rings. The SMILES string of the molecule is O=C(O)[C@]1(CCl)C[C@H]2C=C[C@@H]1C2. The van der Waals surface area contributed by atoms with Crippen LogP contribution in [0.5, 0.6) is 0 Å². The summed E-state index contributed by atoms with van der Waals surface area (Å²) in [5.41, 5.74) is -0.652. The molecule has 2 aliphatic rings. The number of carboxylic acid groups (broad SMARTS) is 1. The van der Waals surface area contributed by atoms with Gasteiger partial charge < -0.3 is 5.11 Å². The van der Waals surface area contributed by atoms with Gasteiger partial charge in [-0.05, 0) is 24.7 Å². The Morgan fingerprint density at radius 3 is 2.67 bits per heavy atom. The number of hydrogen-bond acceptors (Lipinski definition) is 1. The van der Waals surface area contributed by atoms with Crippen molar-refractivity contribution in [3.8, 4) is 0 Å². The Labute approximate surface area is 76.2 Å². The number of carbonyl (C=O) groups is 1. The summed E-state index contributed by atoms with van der Waals surface area (Å²) in [6.07, 6.45) is 5.86. The zero-order valence-corrected chi connectivity index (χ0v) is 7.42. The van der Waals surface area contributed by atoms with Gasteiger partial charge in [-0.25, -0.2) is 0 Å². The largest absolute Gasteiger partial charge is 0.481 e. The van der Waals surface area contributed by atoms with E-state index in [1.54, 1.807) is 0 Å². The molecule has 2 bridgehead atoms. The first-order valence-electron chi connectivity index (χ1n) is 4.17. The molecule has 2 aliphatic carbocycles. The lowest BCUT2D eigenvalue weighted by Gasteiger charge is -2.28. The van der Waals surface area contributed by atoms with E-state index in [1.165, 1.54) is 0 Å². The summed E-state index contributed by atoms with van der Waals surface area (Å²) in [5.74, 6) is 0.158. The average Bonchev–Trinajstić information content (AvgIpc) is 2.62. The number of hydrogen-bond donors (Lipinski definition) is 1. The van der Waals surface area contributed by atoms with Crippen molar-refractivity contribution in [2.24, 2.45) is 17.3 Å². The van der Waals surface area contributed by atoms with Crippen LogP contribution >= 0.6 is 11.6 Å². The van der Waals surface area contributed by atoms with Gasteiger partial charge in [0.15, 0.2) is 0 Å². The van der Waals surface area contributed by atoms with Crippen LogP contribution in [0.1, 0.15) is 12.8 Å². The second-order valence-corrected chi connectivity index (χ2v) is 4.05. The van der Waals surface area contributed by atoms with Gasteiger partial charge in [-0.1, -0.05) is 12.2 Å². The van der Waals surface area contributed by atoms with Gasteiger partial charge in [-0.3, -0.25) is 4.79 Å². The Kier molecular flexibility index (Phi) is 1.69. The van der Waals surface area contributed by atoms with Crippen LogP contribution in [0.3, 0.4) is 0 Å². The van der Waals surface area contributed by atoms with Crippen LogP contribution in [0.2, 0.25) is 0 Å². The molecule has 0 unspecified atom stereocenters. The van der Waals surface area contributed by atoms with Crippen LogP contribution in [-0.4, -0.2) is 17.0 Å². The van der Waals surface area contributed by atoms with E-state index in [2.05, 4.69) is 6.08 Å². The van der Waals surface area contributed by atoms with Gasteiger partial charge in [0.2, 0.25) is 0 Å². The Balaban J connectivity index is 2.31. The minimum absolute atomic E-state index is 0.178. The molecule has 0 aliphatic heterocycles. The second-order valence-electron chi connectivity index (χ2n) is 3.79. The number of allylic oxidation sites excluding steroid dienone is 2. The van der Waals surface area contributed by atoms with E-state index in [9.17, 15) is 4.79 Å². The lowest BCUT2D eigenvalue weighted by Crippen LogP contribution is -2.36. The van der Waals surface area contributed by atoms with Crippen molar-refractivity contribution in [3.63, 3.8) is 0 Å². The summed E-state index contributed by atoms with van der Waals surface area (Å²) < 4.78 is 0. The smallest absolute Gasteiger partial charge is 0.311 e. The molecule has 1 saturated carbocycles. The van der Waals surface area contributed by atoms with Crippen LogP contribution < -0.4 is 0 Å². The number of alkyl halides is 1. The third-order valence-electron chi connectivity index (χ3n) is 3.17. The zero-order valence-electron chi connectivity index (χ0n) is 6.66. The highest BCUT2D eigenvalue weighted by molar-refractivity contribution is 6.19. The lowest BCUT2D eigenvalue weighted by molar-refractivity contribution is -0.149. The van der Waals surface area contributed by atoms with E-state index < -0.39 is 11.4 Å². The minimum atomic E-state index is -0.727. The topological polar surface area (TPSA) is 37.3 Å². The van der Waals surface area contributed by atoms with Crippen molar-refractivity contribution in [2.75, 3.05) is 5.88 Å². The van der Waals surface area contributed by atoms with E-state index in [1.807, 2.05) is 6.08 Å². The molecule has 0 aromatic carbocycles. The molecule has 0 aromatic heterocycles. The van der Waals surface area contributed by atoms with Crippen molar-refractivity contribution >= 4 is 17.6 Å². The van der Waals surface area contributed by atoms with Crippen molar-refractivity contribution in [2.45, 2.75) is 12.8 Å². The molecule has 0 saturated heterocycles. The summed E-state index contributed by atoms with van der Waals surface area (Å²) in [6.45, 7) is 0. The molecule has 1 N–H and O–H groups in total. The van der Waals surface area contributed by atoms with E-state index >= 15 is 0 Å². The summed E-state index contributed by atoms with van der Waals surface area (Å²) in [7, 11) is 0.